The third-order valence-electron chi connectivity index (χ3n) is 4.46. The van der Waals surface area contributed by atoms with E-state index in [2.05, 4.69) is 47.3 Å². The smallest absolute Gasteiger partial charge is 0.295 e. The monoisotopic (exact) mass is 544 g/mol. The predicted molar refractivity (Wildman–Crippen MR) is 126 cm³/mol. The second-order valence-electron chi connectivity index (χ2n) is 6.53. The highest BCUT2D eigenvalue weighted by atomic mass is 79.9. The van der Waals surface area contributed by atoms with Crippen LogP contribution in [-0.2, 0) is 0 Å². The van der Waals surface area contributed by atoms with E-state index < -0.39 is 5.91 Å². The maximum atomic E-state index is 12.9. The summed E-state index contributed by atoms with van der Waals surface area (Å²) in [6.07, 6.45) is 0. The van der Waals surface area contributed by atoms with E-state index in [1.807, 2.05) is 67.6 Å². The molecule has 3 aromatic carbocycles. The van der Waals surface area contributed by atoms with Crippen LogP contribution in [0.5, 0.6) is 0 Å². The number of benzene rings is 3. The molecule has 5 nitrogen and oxygen atoms in total. The van der Waals surface area contributed by atoms with Crippen LogP contribution < -0.4 is 5.32 Å². The Hall–Kier alpha value is -2.48. The Labute approximate surface area is 195 Å². The van der Waals surface area contributed by atoms with Gasteiger partial charge in [-0.15, -0.1) is 5.10 Å². The molecular weight excluding hydrogens is 532 g/mol. The number of halogens is 3. The first-order chi connectivity index (χ1) is 14.4. The van der Waals surface area contributed by atoms with Crippen molar-refractivity contribution in [2.24, 2.45) is 0 Å². The van der Waals surface area contributed by atoms with E-state index in [4.69, 9.17) is 11.6 Å². The fourth-order valence-corrected chi connectivity index (χ4v) is 3.77. The molecular formula is C22H15Br2ClN4O. The van der Waals surface area contributed by atoms with Gasteiger partial charge in [-0.1, -0.05) is 67.7 Å². The molecule has 0 unspecified atom stereocenters. The molecule has 0 fully saturated rings. The Morgan fingerprint density at radius 3 is 2.47 bits per heavy atom. The number of hydrogen-bond acceptors (Lipinski definition) is 3. The van der Waals surface area contributed by atoms with E-state index in [9.17, 15) is 4.79 Å². The minimum absolute atomic E-state index is 0.0623. The van der Waals surface area contributed by atoms with Gasteiger partial charge in [-0.2, -0.15) is 0 Å². The van der Waals surface area contributed by atoms with Gasteiger partial charge in [-0.3, -0.25) is 4.79 Å². The summed E-state index contributed by atoms with van der Waals surface area (Å²) in [6.45, 7) is 1.91. The molecule has 0 aliphatic rings. The minimum Gasteiger partial charge on any atom is -0.319 e. The molecule has 4 aromatic rings. The summed E-state index contributed by atoms with van der Waals surface area (Å²) >= 11 is 13.2. The molecule has 0 aliphatic heterocycles. The summed E-state index contributed by atoms with van der Waals surface area (Å²) in [7, 11) is 0. The van der Waals surface area contributed by atoms with Crippen molar-refractivity contribution in [3.8, 4) is 17.1 Å². The van der Waals surface area contributed by atoms with E-state index in [-0.39, 0.29) is 5.82 Å². The number of amides is 1. The van der Waals surface area contributed by atoms with Crippen molar-refractivity contribution in [2.75, 3.05) is 5.32 Å². The molecule has 30 heavy (non-hydrogen) atoms. The third-order valence-corrected chi connectivity index (χ3v) is 5.89. The van der Waals surface area contributed by atoms with Crippen molar-refractivity contribution >= 4 is 55.1 Å². The van der Waals surface area contributed by atoms with Crippen molar-refractivity contribution < 1.29 is 4.79 Å². The molecule has 1 amide bonds. The molecule has 0 atom stereocenters. The van der Waals surface area contributed by atoms with Gasteiger partial charge >= 0.3 is 0 Å². The maximum absolute atomic E-state index is 12.9. The maximum Gasteiger partial charge on any atom is 0.295 e. The highest BCUT2D eigenvalue weighted by molar-refractivity contribution is 9.10. The number of anilines is 1. The van der Waals surface area contributed by atoms with E-state index in [0.717, 1.165) is 25.8 Å². The molecule has 150 valence electrons. The number of carbonyl (C=O) groups excluding carboxylic acids is 1. The zero-order chi connectivity index (χ0) is 21.3. The topological polar surface area (TPSA) is 59.8 Å². The third kappa shape index (κ3) is 4.33. The summed E-state index contributed by atoms with van der Waals surface area (Å²) in [5, 5.41) is 7.96. The molecule has 0 saturated heterocycles. The summed E-state index contributed by atoms with van der Waals surface area (Å²) < 4.78 is 3.47. The van der Waals surface area contributed by atoms with Gasteiger partial charge in [0.25, 0.3) is 5.91 Å². The standard InChI is InChI=1S/C22H15Br2ClN4O/c1-13-18(25)6-3-7-19(13)29-21(14-8-10-15(23)11-9-14)27-20(28-29)22(30)26-17-5-2-4-16(24)12-17/h2-12H,1H3,(H,26,30). The number of nitrogens with one attached hydrogen (secondary N) is 1. The lowest BCUT2D eigenvalue weighted by molar-refractivity contribution is 0.101. The van der Waals surface area contributed by atoms with Gasteiger partial charge in [0.05, 0.1) is 5.69 Å². The average Bonchev–Trinajstić information content (AvgIpc) is 3.16. The van der Waals surface area contributed by atoms with Crippen LogP contribution in [0.15, 0.2) is 75.7 Å². The highest BCUT2D eigenvalue weighted by Crippen LogP contribution is 2.28. The van der Waals surface area contributed by atoms with Crippen LogP contribution in [0.4, 0.5) is 5.69 Å². The Morgan fingerprint density at radius 2 is 1.73 bits per heavy atom. The van der Waals surface area contributed by atoms with Crippen LogP contribution in [-0.4, -0.2) is 20.7 Å². The lowest BCUT2D eigenvalue weighted by atomic mass is 10.1. The van der Waals surface area contributed by atoms with Gasteiger partial charge in [0.1, 0.15) is 0 Å². The molecule has 1 aromatic heterocycles. The van der Waals surface area contributed by atoms with Crippen LogP contribution in [0.2, 0.25) is 5.02 Å². The molecule has 0 saturated carbocycles. The Bertz CT molecular complexity index is 1240. The van der Waals surface area contributed by atoms with Crippen molar-refractivity contribution in [2.45, 2.75) is 6.92 Å². The molecule has 1 N–H and O–H groups in total. The van der Waals surface area contributed by atoms with Crippen LogP contribution in [0.3, 0.4) is 0 Å². The van der Waals surface area contributed by atoms with Crippen LogP contribution in [0.1, 0.15) is 16.2 Å². The van der Waals surface area contributed by atoms with Crippen molar-refractivity contribution in [1.29, 1.82) is 0 Å². The van der Waals surface area contributed by atoms with Gasteiger partial charge in [-0.05, 0) is 55.0 Å². The fourth-order valence-electron chi connectivity index (χ4n) is 2.94. The second-order valence-corrected chi connectivity index (χ2v) is 8.76. The molecule has 0 spiro atoms. The first kappa shape index (κ1) is 20.8. The number of carbonyl (C=O) groups is 1. The van der Waals surface area contributed by atoms with Crippen molar-refractivity contribution in [3.05, 3.63) is 92.1 Å². The number of aromatic nitrogens is 3. The molecule has 0 aliphatic carbocycles. The summed E-state index contributed by atoms with van der Waals surface area (Å²) in [5.74, 6) is 0.212. The minimum atomic E-state index is -0.398. The zero-order valence-electron chi connectivity index (χ0n) is 15.7. The summed E-state index contributed by atoms with van der Waals surface area (Å²) in [4.78, 5) is 17.4. The zero-order valence-corrected chi connectivity index (χ0v) is 19.7. The molecule has 8 heteroatoms. The van der Waals surface area contributed by atoms with E-state index >= 15 is 0 Å². The predicted octanol–water partition coefficient (Wildman–Crippen LogP) is 6.67. The van der Waals surface area contributed by atoms with Crippen molar-refractivity contribution in [1.82, 2.24) is 14.8 Å². The highest BCUT2D eigenvalue weighted by Gasteiger charge is 2.20. The lowest BCUT2D eigenvalue weighted by Crippen LogP contribution is -2.14. The average molecular weight is 547 g/mol. The Morgan fingerprint density at radius 1 is 1.00 bits per heavy atom. The summed E-state index contributed by atoms with van der Waals surface area (Å²) in [6, 6.07) is 20.6. The van der Waals surface area contributed by atoms with Crippen molar-refractivity contribution in [3.63, 3.8) is 0 Å². The number of rotatable bonds is 4. The quantitative estimate of drug-likeness (QED) is 0.311. The SMILES string of the molecule is Cc1c(Cl)cccc1-n1nc(C(=O)Nc2cccc(Br)c2)nc1-c1ccc(Br)cc1. The molecule has 1 heterocycles. The molecule has 4 rings (SSSR count). The van der Waals surface area contributed by atoms with Crippen LogP contribution in [0.25, 0.3) is 17.1 Å². The first-order valence-electron chi connectivity index (χ1n) is 8.98. The van der Waals surface area contributed by atoms with Gasteiger partial charge in [0.2, 0.25) is 5.82 Å². The Kier molecular flexibility index (Phi) is 6.04. The molecule has 0 bridgehead atoms. The van der Waals surface area contributed by atoms with Gasteiger partial charge in [-0.25, -0.2) is 9.67 Å². The fraction of sp³-hybridized carbons (Fsp3) is 0.0455. The van der Waals surface area contributed by atoms with Gasteiger partial charge < -0.3 is 5.32 Å². The Balaban J connectivity index is 1.80. The largest absolute Gasteiger partial charge is 0.319 e. The van der Waals surface area contributed by atoms with Crippen LogP contribution in [0, 0.1) is 6.92 Å². The van der Waals surface area contributed by atoms with E-state index in [1.54, 1.807) is 10.7 Å². The molecule has 0 radical (unpaired) electrons. The van der Waals surface area contributed by atoms with Crippen LogP contribution >= 0.6 is 43.5 Å². The number of nitrogens with zero attached hydrogens (tertiary/aromatic N) is 3. The van der Waals surface area contributed by atoms with Gasteiger partial charge in [0, 0.05) is 25.2 Å². The number of hydrogen-bond donors (Lipinski definition) is 1. The van der Waals surface area contributed by atoms with E-state index in [1.165, 1.54) is 0 Å². The second kappa shape index (κ2) is 8.71. The van der Waals surface area contributed by atoms with Gasteiger partial charge in [0.15, 0.2) is 5.82 Å². The first-order valence-corrected chi connectivity index (χ1v) is 10.9. The normalized spacial score (nSPS) is 10.8. The lowest BCUT2D eigenvalue weighted by Gasteiger charge is -2.10. The summed E-state index contributed by atoms with van der Waals surface area (Å²) in [5.41, 5.74) is 3.08. The van der Waals surface area contributed by atoms with E-state index in [0.29, 0.717) is 16.5 Å².